The van der Waals surface area contributed by atoms with Crippen LogP contribution in [0.25, 0.3) is 11.0 Å². The van der Waals surface area contributed by atoms with Gasteiger partial charge in [-0.15, -0.1) is 0 Å². The summed E-state index contributed by atoms with van der Waals surface area (Å²) in [7, 11) is 3.90. The SMILES string of the molecule is Cc1ncnc2c1ccn2[C@@H]1C[C@H](Oc2ccc(F)cc2CN(C)C)[C@H]2OC(C)(C)O[C@H]21. The minimum absolute atomic E-state index is 0.00341. The van der Waals surface area contributed by atoms with Gasteiger partial charge in [0, 0.05) is 30.1 Å². The molecule has 8 heteroatoms. The number of halogens is 1. The van der Waals surface area contributed by atoms with Crippen LogP contribution in [0, 0.1) is 12.7 Å². The molecule has 1 aliphatic heterocycles. The molecule has 2 fully saturated rings. The first-order chi connectivity index (χ1) is 15.2. The molecular formula is C24H29FN4O3. The minimum Gasteiger partial charge on any atom is -0.487 e. The predicted octanol–water partition coefficient (Wildman–Crippen LogP) is 3.85. The van der Waals surface area contributed by atoms with Gasteiger partial charge in [-0.05, 0) is 59.1 Å². The molecule has 3 aromatic rings. The Kier molecular flexibility index (Phi) is 5.19. The molecule has 2 aromatic heterocycles. The second-order valence-corrected chi connectivity index (χ2v) is 9.43. The van der Waals surface area contributed by atoms with Gasteiger partial charge < -0.3 is 23.7 Å². The van der Waals surface area contributed by atoms with Crippen LogP contribution in [0.15, 0.2) is 36.8 Å². The number of hydrogen-bond acceptors (Lipinski definition) is 6. The molecule has 32 heavy (non-hydrogen) atoms. The summed E-state index contributed by atoms with van der Waals surface area (Å²) in [6.07, 6.45) is 3.67. The lowest BCUT2D eigenvalue weighted by Crippen LogP contribution is -2.33. The molecule has 3 heterocycles. The van der Waals surface area contributed by atoms with Crippen LogP contribution >= 0.6 is 0 Å². The summed E-state index contributed by atoms with van der Waals surface area (Å²) < 4.78 is 35.2. The Morgan fingerprint density at radius 1 is 1.19 bits per heavy atom. The van der Waals surface area contributed by atoms with Crippen LogP contribution in [0.3, 0.4) is 0 Å². The smallest absolute Gasteiger partial charge is 0.164 e. The molecule has 0 amide bonds. The van der Waals surface area contributed by atoms with Crippen molar-refractivity contribution >= 4 is 11.0 Å². The highest BCUT2D eigenvalue weighted by Gasteiger charge is 2.56. The first-order valence-corrected chi connectivity index (χ1v) is 11.0. The van der Waals surface area contributed by atoms with Crippen LogP contribution in [0.4, 0.5) is 4.39 Å². The second-order valence-electron chi connectivity index (χ2n) is 9.43. The molecule has 0 N–H and O–H groups in total. The number of ether oxygens (including phenoxy) is 3. The largest absolute Gasteiger partial charge is 0.487 e. The van der Waals surface area contributed by atoms with E-state index in [9.17, 15) is 4.39 Å². The third-order valence-electron chi connectivity index (χ3n) is 6.24. The van der Waals surface area contributed by atoms with Crippen molar-refractivity contribution in [3.8, 4) is 5.75 Å². The molecule has 0 radical (unpaired) electrons. The standard InChI is InChI=1S/C24H29FN4O3/c1-14-17-8-9-29(23(17)27-13-26-14)18-11-20(22-21(18)31-24(2,3)32-22)30-19-7-6-16(25)10-15(19)12-28(4)5/h6-10,13,18,20-22H,11-12H2,1-5H3/t18-,20+,21+,22-/m1/s1. The molecule has 1 saturated carbocycles. The van der Waals surface area contributed by atoms with E-state index in [1.54, 1.807) is 12.4 Å². The highest BCUT2D eigenvalue weighted by Crippen LogP contribution is 2.46. The van der Waals surface area contributed by atoms with Crippen molar-refractivity contribution in [1.82, 2.24) is 19.4 Å². The molecule has 0 spiro atoms. The Bertz CT molecular complexity index is 1150. The zero-order chi connectivity index (χ0) is 22.6. The van der Waals surface area contributed by atoms with Gasteiger partial charge in [-0.25, -0.2) is 14.4 Å². The lowest BCUT2D eigenvalue weighted by atomic mass is 10.1. The lowest BCUT2D eigenvalue weighted by Gasteiger charge is -2.25. The Hall–Kier alpha value is -2.55. The van der Waals surface area contributed by atoms with E-state index in [4.69, 9.17) is 14.2 Å². The summed E-state index contributed by atoms with van der Waals surface area (Å²) in [6, 6.07) is 6.72. The molecule has 4 atom stereocenters. The van der Waals surface area contributed by atoms with Gasteiger partial charge in [-0.1, -0.05) is 0 Å². The number of fused-ring (bicyclic) bond motifs is 2. The number of nitrogens with zero attached hydrogens (tertiary/aromatic N) is 4. The summed E-state index contributed by atoms with van der Waals surface area (Å²) in [5, 5.41) is 1.03. The molecule has 0 unspecified atom stereocenters. The van der Waals surface area contributed by atoms with Crippen molar-refractivity contribution in [3.05, 3.63) is 53.9 Å². The second kappa shape index (κ2) is 7.79. The number of aromatic nitrogens is 3. The third-order valence-corrected chi connectivity index (χ3v) is 6.24. The highest BCUT2D eigenvalue weighted by atomic mass is 19.1. The van der Waals surface area contributed by atoms with Crippen molar-refractivity contribution < 1.29 is 18.6 Å². The van der Waals surface area contributed by atoms with E-state index in [0.29, 0.717) is 18.7 Å². The Morgan fingerprint density at radius 3 is 2.75 bits per heavy atom. The van der Waals surface area contributed by atoms with Gasteiger partial charge in [0.1, 0.15) is 41.9 Å². The molecule has 2 aliphatic rings. The maximum atomic E-state index is 13.9. The van der Waals surface area contributed by atoms with Crippen molar-refractivity contribution in [2.45, 2.75) is 63.9 Å². The van der Waals surface area contributed by atoms with Crippen LogP contribution in [-0.4, -0.2) is 57.6 Å². The summed E-state index contributed by atoms with van der Waals surface area (Å²) in [5.41, 5.74) is 2.63. The van der Waals surface area contributed by atoms with Gasteiger partial charge in [0.15, 0.2) is 5.79 Å². The van der Waals surface area contributed by atoms with Crippen LogP contribution in [0.5, 0.6) is 5.75 Å². The molecule has 1 saturated heterocycles. The van der Waals surface area contributed by atoms with Crippen LogP contribution < -0.4 is 4.74 Å². The maximum Gasteiger partial charge on any atom is 0.164 e. The van der Waals surface area contributed by atoms with E-state index in [2.05, 4.69) is 14.5 Å². The van der Waals surface area contributed by atoms with Crippen molar-refractivity contribution in [2.75, 3.05) is 14.1 Å². The van der Waals surface area contributed by atoms with Gasteiger partial charge in [-0.3, -0.25) is 0 Å². The van der Waals surface area contributed by atoms with E-state index in [1.165, 1.54) is 12.1 Å². The zero-order valence-corrected chi connectivity index (χ0v) is 19.1. The monoisotopic (exact) mass is 440 g/mol. The van der Waals surface area contributed by atoms with Gasteiger partial charge in [0.25, 0.3) is 0 Å². The summed E-state index contributed by atoms with van der Waals surface area (Å²) in [6.45, 7) is 6.42. The van der Waals surface area contributed by atoms with Gasteiger partial charge in [0.2, 0.25) is 0 Å². The number of rotatable bonds is 5. The zero-order valence-electron chi connectivity index (χ0n) is 19.1. The van der Waals surface area contributed by atoms with Crippen molar-refractivity contribution in [1.29, 1.82) is 0 Å². The fourth-order valence-electron chi connectivity index (χ4n) is 4.95. The van der Waals surface area contributed by atoms with Crippen molar-refractivity contribution in [3.63, 3.8) is 0 Å². The topological polar surface area (TPSA) is 61.6 Å². The number of hydrogen-bond donors (Lipinski definition) is 0. The molecular weight excluding hydrogens is 411 g/mol. The summed E-state index contributed by atoms with van der Waals surface area (Å²) >= 11 is 0. The molecule has 170 valence electrons. The molecule has 1 aromatic carbocycles. The van der Waals surface area contributed by atoms with Crippen LogP contribution in [-0.2, 0) is 16.0 Å². The summed E-state index contributed by atoms with van der Waals surface area (Å²) in [4.78, 5) is 10.8. The van der Waals surface area contributed by atoms with Crippen LogP contribution in [0.2, 0.25) is 0 Å². The molecule has 5 rings (SSSR count). The molecule has 1 aliphatic carbocycles. The van der Waals surface area contributed by atoms with Gasteiger partial charge in [-0.2, -0.15) is 0 Å². The third kappa shape index (κ3) is 3.76. The minimum atomic E-state index is -0.710. The average molecular weight is 441 g/mol. The van der Waals surface area contributed by atoms with Crippen molar-refractivity contribution in [2.24, 2.45) is 0 Å². The number of benzene rings is 1. The quantitative estimate of drug-likeness (QED) is 0.601. The Labute approximate surface area is 187 Å². The fourth-order valence-corrected chi connectivity index (χ4v) is 4.95. The van der Waals surface area contributed by atoms with E-state index < -0.39 is 5.79 Å². The first-order valence-electron chi connectivity index (χ1n) is 11.0. The van der Waals surface area contributed by atoms with E-state index in [1.807, 2.05) is 52.0 Å². The predicted molar refractivity (Wildman–Crippen MR) is 118 cm³/mol. The molecule has 0 bridgehead atoms. The summed E-state index contributed by atoms with van der Waals surface area (Å²) in [5.74, 6) is -0.307. The fraction of sp³-hybridized carbons (Fsp3) is 0.500. The lowest BCUT2D eigenvalue weighted by molar-refractivity contribution is -0.163. The maximum absolute atomic E-state index is 13.9. The normalized spacial score (nSPS) is 26.7. The van der Waals surface area contributed by atoms with E-state index in [-0.39, 0.29) is 30.2 Å². The Morgan fingerprint density at radius 2 is 1.97 bits per heavy atom. The Balaban J connectivity index is 1.49. The molecule has 7 nitrogen and oxygen atoms in total. The number of aryl methyl sites for hydroxylation is 1. The van der Waals surface area contributed by atoms with Gasteiger partial charge in [0.05, 0.1) is 11.7 Å². The highest BCUT2D eigenvalue weighted by molar-refractivity contribution is 5.78. The van der Waals surface area contributed by atoms with E-state index in [0.717, 1.165) is 22.3 Å². The van der Waals surface area contributed by atoms with Gasteiger partial charge >= 0.3 is 0 Å². The van der Waals surface area contributed by atoms with Crippen LogP contribution in [0.1, 0.15) is 37.6 Å². The average Bonchev–Trinajstić information content (AvgIpc) is 3.36. The first kappa shape index (κ1) is 21.3. The van der Waals surface area contributed by atoms with E-state index >= 15 is 0 Å².